The molecule has 0 aliphatic rings. The van der Waals surface area contributed by atoms with Gasteiger partial charge in [0.05, 0.1) is 18.5 Å². The van der Waals surface area contributed by atoms with E-state index in [1.807, 2.05) is 38.1 Å². The average Bonchev–Trinajstić information content (AvgIpc) is 2.80. The molecule has 0 amide bonds. The number of aromatic nitrogens is 2. The molecule has 0 radical (unpaired) electrons. The fourth-order valence-corrected chi connectivity index (χ4v) is 2.77. The molecule has 1 aromatic carbocycles. The molecule has 0 bridgehead atoms. The van der Waals surface area contributed by atoms with Crippen LogP contribution in [0, 0.1) is 20.8 Å². The molecule has 108 valence electrons. The van der Waals surface area contributed by atoms with Gasteiger partial charge in [-0.25, -0.2) is 4.98 Å². The smallest absolute Gasteiger partial charge is 0.138 e. The number of hydrogen-bond acceptors (Lipinski definition) is 3. The molecule has 3 rings (SSSR count). The normalized spacial score (nSPS) is 11.0. The van der Waals surface area contributed by atoms with E-state index in [4.69, 9.17) is 15.5 Å². The van der Waals surface area contributed by atoms with E-state index in [0.29, 0.717) is 0 Å². The number of nitrogens with zero attached hydrogens (tertiary/aromatic N) is 2. The van der Waals surface area contributed by atoms with Crippen molar-refractivity contribution in [2.75, 3.05) is 12.8 Å². The van der Waals surface area contributed by atoms with Crippen LogP contribution in [-0.2, 0) is 0 Å². The SMILES string of the molecule is COc1ccc(-c2nc3ccc(N)c(C)n3c2C)cc1C. The van der Waals surface area contributed by atoms with E-state index in [9.17, 15) is 0 Å². The summed E-state index contributed by atoms with van der Waals surface area (Å²) in [6.45, 7) is 6.12. The van der Waals surface area contributed by atoms with E-state index in [1.54, 1.807) is 7.11 Å². The van der Waals surface area contributed by atoms with Gasteiger partial charge in [-0.1, -0.05) is 0 Å². The number of benzene rings is 1. The second kappa shape index (κ2) is 4.81. The van der Waals surface area contributed by atoms with Crippen molar-refractivity contribution in [1.29, 1.82) is 0 Å². The molecule has 2 N–H and O–H groups in total. The van der Waals surface area contributed by atoms with E-state index in [0.717, 1.165) is 45.3 Å². The van der Waals surface area contributed by atoms with Gasteiger partial charge in [0.15, 0.2) is 0 Å². The number of aryl methyl sites for hydroxylation is 3. The van der Waals surface area contributed by atoms with Crippen LogP contribution in [-0.4, -0.2) is 16.5 Å². The largest absolute Gasteiger partial charge is 0.496 e. The fourth-order valence-electron chi connectivity index (χ4n) is 2.77. The Hall–Kier alpha value is -2.49. The molecule has 0 atom stereocenters. The van der Waals surface area contributed by atoms with Crippen LogP contribution in [0.25, 0.3) is 16.9 Å². The molecule has 2 aromatic heterocycles. The summed E-state index contributed by atoms with van der Waals surface area (Å²) in [5, 5.41) is 0. The van der Waals surface area contributed by atoms with Crippen molar-refractivity contribution in [3.05, 3.63) is 47.3 Å². The summed E-state index contributed by atoms with van der Waals surface area (Å²) in [5.74, 6) is 0.889. The number of hydrogen-bond donors (Lipinski definition) is 1. The Morgan fingerprint density at radius 1 is 1.05 bits per heavy atom. The second-order valence-electron chi connectivity index (χ2n) is 5.30. The Morgan fingerprint density at radius 3 is 2.48 bits per heavy atom. The molecule has 0 aliphatic carbocycles. The van der Waals surface area contributed by atoms with Gasteiger partial charge in [-0.3, -0.25) is 4.40 Å². The molecule has 0 fully saturated rings. The summed E-state index contributed by atoms with van der Waals surface area (Å²) in [6.07, 6.45) is 0. The molecular formula is C17H19N3O. The average molecular weight is 281 g/mol. The van der Waals surface area contributed by atoms with Gasteiger partial charge in [0.1, 0.15) is 11.4 Å². The van der Waals surface area contributed by atoms with Crippen LogP contribution in [0.5, 0.6) is 5.75 Å². The van der Waals surface area contributed by atoms with Crippen molar-refractivity contribution in [1.82, 2.24) is 9.38 Å². The van der Waals surface area contributed by atoms with Crippen LogP contribution in [0.15, 0.2) is 30.3 Å². The highest BCUT2D eigenvalue weighted by atomic mass is 16.5. The van der Waals surface area contributed by atoms with Crippen LogP contribution >= 0.6 is 0 Å². The first-order chi connectivity index (χ1) is 10.0. The third kappa shape index (κ3) is 2.03. The van der Waals surface area contributed by atoms with E-state index in [1.165, 1.54) is 0 Å². The van der Waals surface area contributed by atoms with Crippen molar-refractivity contribution in [3.63, 3.8) is 0 Å². The molecule has 2 heterocycles. The first-order valence-corrected chi connectivity index (χ1v) is 6.92. The Kier molecular flexibility index (Phi) is 3.09. The van der Waals surface area contributed by atoms with Gasteiger partial charge in [-0.2, -0.15) is 0 Å². The predicted octanol–water partition coefficient (Wildman–Crippen LogP) is 3.52. The van der Waals surface area contributed by atoms with Crippen molar-refractivity contribution in [2.24, 2.45) is 0 Å². The van der Waals surface area contributed by atoms with Gasteiger partial charge in [0.25, 0.3) is 0 Å². The molecular weight excluding hydrogens is 262 g/mol. The van der Waals surface area contributed by atoms with Crippen LogP contribution in [0.3, 0.4) is 0 Å². The lowest BCUT2D eigenvalue weighted by molar-refractivity contribution is 0.412. The lowest BCUT2D eigenvalue weighted by Gasteiger charge is -2.07. The number of pyridine rings is 1. The van der Waals surface area contributed by atoms with Crippen molar-refractivity contribution in [2.45, 2.75) is 20.8 Å². The molecule has 3 aromatic rings. The Bertz CT molecular complexity index is 834. The van der Waals surface area contributed by atoms with Crippen LogP contribution < -0.4 is 10.5 Å². The summed E-state index contributed by atoms with van der Waals surface area (Å²) in [7, 11) is 1.68. The summed E-state index contributed by atoms with van der Waals surface area (Å²) in [5.41, 5.74) is 13.0. The summed E-state index contributed by atoms with van der Waals surface area (Å²) >= 11 is 0. The second-order valence-corrected chi connectivity index (χ2v) is 5.30. The molecule has 0 unspecified atom stereocenters. The zero-order valence-electron chi connectivity index (χ0n) is 12.8. The van der Waals surface area contributed by atoms with Crippen LogP contribution in [0.4, 0.5) is 5.69 Å². The molecule has 21 heavy (non-hydrogen) atoms. The minimum absolute atomic E-state index is 0.778. The Balaban J connectivity index is 2.24. The fraction of sp³-hybridized carbons (Fsp3) is 0.235. The molecule has 0 aliphatic heterocycles. The van der Waals surface area contributed by atoms with Crippen LogP contribution in [0.1, 0.15) is 17.0 Å². The third-order valence-corrected chi connectivity index (χ3v) is 3.97. The highest BCUT2D eigenvalue weighted by molar-refractivity contribution is 5.69. The summed E-state index contributed by atoms with van der Waals surface area (Å²) in [6, 6.07) is 9.98. The maximum atomic E-state index is 6.00. The first kappa shape index (κ1) is 13.5. The highest BCUT2D eigenvalue weighted by Crippen LogP contribution is 2.29. The van der Waals surface area contributed by atoms with E-state index >= 15 is 0 Å². The summed E-state index contributed by atoms with van der Waals surface area (Å²) in [4.78, 5) is 4.75. The maximum absolute atomic E-state index is 6.00. The topological polar surface area (TPSA) is 52.5 Å². The molecule has 0 saturated heterocycles. The van der Waals surface area contributed by atoms with Gasteiger partial charge in [0, 0.05) is 17.0 Å². The van der Waals surface area contributed by atoms with E-state index in [-0.39, 0.29) is 0 Å². The maximum Gasteiger partial charge on any atom is 0.138 e. The number of ether oxygens (including phenoxy) is 1. The number of nitrogens with two attached hydrogens (primary N) is 1. The molecule has 0 saturated carbocycles. The van der Waals surface area contributed by atoms with Crippen molar-refractivity contribution in [3.8, 4) is 17.0 Å². The quantitative estimate of drug-likeness (QED) is 0.782. The molecule has 4 heteroatoms. The number of anilines is 1. The highest BCUT2D eigenvalue weighted by Gasteiger charge is 2.13. The monoisotopic (exact) mass is 281 g/mol. The van der Waals surface area contributed by atoms with Crippen molar-refractivity contribution >= 4 is 11.3 Å². The summed E-state index contributed by atoms with van der Waals surface area (Å²) < 4.78 is 7.42. The van der Waals surface area contributed by atoms with Gasteiger partial charge in [0.2, 0.25) is 0 Å². The predicted molar refractivity (Wildman–Crippen MR) is 85.8 cm³/mol. The minimum Gasteiger partial charge on any atom is -0.496 e. The first-order valence-electron chi connectivity index (χ1n) is 6.92. The number of rotatable bonds is 2. The minimum atomic E-state index is 0.778. The van der Waals surface area contributed by atoms with E-state index < -0.39 is 0 Å². The number of nitrogen functional groups attached to an aromatic ring is 1. The van der Waals surface area contributed by atoms with Gasteiger partial charge < -0.3 is 10.5 Å². The number of methoxy groups -OCH3 is 1. The van der Waals surface area contributed by atoms with E-state index in [2.05, 4.69) is 17.4 Å². The lowest BCUT2D eigenvalue weighted by Crippen LogP contribution is -1.99. The zero-order chi connectivity index (χ0) is 15.1. The van der Waals surface area contributed by atoms with Crippen molar-refractivity contribution < 1.29 is 4.74 Å². The standard InChI is InChI=1S/C17H19N3O/c1-10-9-13(5-7-15(10)21-4)17-12(3)20-11(2)14(18)6-8-16(20)19-17/h5-9H,18H2,1-4H3. The Labute approximate surface area is 124 Å². The number of imidazole rings is 1. The molecule has 4 nitrogen and oxygen atoms in total. The number of fused-ring (bicyclic) bond motifs is 1. The van der Waals surface area contributed by atoms with Gasteiger partial charge >= 0.3 is 0 Å². The van der Waals surface area contributed by atoms with Gasteiger partial charge in [-0.15, -0.1) is 0 Å². The van der Waals surface area contributed by atoms with Gasteiger partial charge in [-0.05, 0) is 56.7 Å². The third-order valence-electron chi connectivity index (χ3n) is 3.97. The Morgan fingerprint density at radius 2 is 1.81 bits per heavy atom. The zero-order valence-corrected chi connectivity index (χ0v) is 12.8. The van der Waals surface area contributed by atoms with Crippen LogP contribution in [0.2, 0.25) is 0 Å². The lowest BCUT2D eigenvalue weighted by atomic mass is 10.1. The molecule has 0 spiro atoms.